The molecule has 8 nitrogen and oxygen atoms in total. The first-order chi connectivity index (χ1) is 10.6. The normalized spacial score (nSPS) is 21.8. The number of ether oxygens (including phenoxy) is 1. The van der Waals surface area contributed by atoms with Gasteiger partial charge in [0.05, 0.1) is 35.7 Å². The average Bonchev–Trinajstić information content (AvgIpc) is 2.98. The maximum Gasteiger partial charge on any atom is 0.273 e. The van der Waals surface area contributed by atoms with Crippen molar-refractivity contribution in [1.29, 1.82) is 0 Å². The monoisotopic (exact) mass is 364 g/mol. The summed E-state index contributed by atoms with van der Waals surface area (Å²) in [4.78, 5) is 12.3. The third kappa shape index (κ3) is 3.85. The zero-order chi connectivity index (χ0) is 17.4. The van der Waals surface area contributed by atoms with Crippen LogP contribution < -0.4 is 5.32 Å². The van der Waals surface area contributed by atoms with Gasteiger partial charge < -0.3 is 10.1 Å². The van der Waals surface area contributed by atoms with Gasteiger partial charge in [-0.3, -0.25) is 9.48 Å². The van der Waals surface area contributed by atoms with Crippen molar-refractivity contribution in [3.63, 3.8) is 0 Å². The van der Waals surface area contributed by atoms with Crippen LogP contribution >= 0.6 is 11.6 Å². The molecule has 130 valence electrons. The van der Waals surface area contributed by atoms with E-state index in [1.165, 1.54) is 23.1 Å². The lowest BCUT2D eigenvalue weighted by molar-refractivity contribution is 0.0920. The average molecular weight is 365 g/mol. The van der Waals surface area contributed by atoms with Gasteiger partial charge in [0.2, 0.25) is 10.0 Å². The fourth-order valence-corrected chi connectivity index (χ4v) is 3.72. The summed E-state index contributed by atoms with van der Waals surface area (Å²) in [6, 6.07) is -0.393. The molecule has 2 heterocycles. The Morgan fingerprint density at radius 1 is 1.48 bits per heavy atom. The molecule has 1 fully saturated rings. The van der Waals surface area contributed by atoms with E-state index < -0.39 is 22.0 Å². The van der Waals surface area contributed by atoms with Crippen molar-refractivity contribution in [2.75, 3.05) is 33.1 Å². The minimum absolute atomic E-state index is 0.0834. The molecule has 1 aromatic rings. The summed E-state index contributed by atoms with van der Waals surface area (Å²) in [5.74, 6) is -0.823. The fourth-order valence-electron chi connectivity index (χ4n) is 2.31. The number of hydrogen-bond donors (Lipinski definition) is 1. The maximum absolute atomic E-state index is 12.3. The highest BCUT2D eigenvalue weighted by molar-refractivity contribution is 7.89. The highest BCUT2D eigenvalue weighted by atomic mass is 35.5. The first kappa shape index (κ1) is 18.2. The van der Waals surface area contributed by atoms with E-state index in [4.69, 9.17) is 16.3 Å². The first-order valence-corrected chi connectivity index (χ1v) is 9.10. The van der Waals surface area contributed by atoms with Gasteiger partial charge in [-0.1, -0.05) is 11.6 Å². The molecular formula is C13H21ClN4O4S. The molecule has 2 atom stereocenters. The molecular weight excluding hydrogens is 344 g/mol. The second-order valence-corrected chi connectivity index (χ2v) is 8.42. The molecule has 10 heteroatoms. The Kier molecular flexibility index (Phi) is 5.34. The van der Waals surface area contributed by atoms with Crippen LogP contribution in [-0.4, -0.2) is 67.5 Å². The van der Waals surface area contributed by atoms with Gasteiger partial charge in [-0.05, 0) is 6.92 Å². The van der Waals surface area contributed by atoms with E-state index in [1.807, 2.05) is 0 Å². The van der Waals surface area contributed by atoms with E-state index in [1.54, 1.807) is 14.0 Å². The van der Waals surface area contributed by atoms with Gasteiger partial charge in [-0.25, -0.2) is 12.7 Å². The number of aromatic nitrogens is 2. The smallest absolute Gasteiger partial charge is 0.273 e. The molecule has 2 rings (SSSR count). The number of halogens is 1. The molecule has 1 amide bonds. The Morgan fingerprint density at radius 3 is 2.65 bits per heavy atom. The Hall–Kier alpha value is -1.16. The minimum atomic E-state index is -3.37. The lowest BCUT2D eigenvalue weighted by Gasteiger charge is -2.20. The van der Waals surface area contributed by atoms with Crippen molar-refractivity contribution >= 4 is 27.5 Å². The van der Waals surface area contributed by atoms with Crippen LogP contribution in [0.2, 0.25) is 5.02 Å². The molecule has 1 aliphatic heterocycles. The van der Waals surface area contributed by atoms with Crippen molar-refractivity contribution in [2.45, 2.75) is 13.0 Å². The van der Waals surface area contributed by atoms with Crippen molar-refractivity contribution in [3.05, 3.63) is 16.4 Å². The van der Waals surface area contributed by atoms with Crippen LogP contribution in [0.3, 0.4) is 0 Å². The summed E-state index contributed by atoms with van der Waals surface area (Å²) < 4.78 is 32.1. The van der Waals surface area contributed by atoms with Crippen LogP contribution in [0, 0.1) is 12.8 Å². The van der Waals surface area contributed by atoms with Gasteiger partial charge >= 0.3 is 0 Å². The van der Waals surface area contributed by atoms with E-state index in [2.05, 4.69) is 10.4 Å². The Morgan fingerprint density at radius 2 is 2.13 bits per heavy atom. The number of carbonyl (C=O) groups is 1. The van der Waals surface area contributed by atoms with Gasteiger partial charge in [0.15, 0.2) is 5.69 Å². The van der Waals surface area contributed by atoms with Crippen molar-refractivity contribution in [3.8, 4) is 0 Å². The molecule has 0 aromatic carbocycles. The van der Waals surface area contributed by atoms with Crippen LogP contribution in [-0.2, 0) is 21.8 Å². The predicted molar refractivity (Wildman–Crippen MR) is 86.0 cm³/mol. The number of sulfonamides is 1. The van der Waals surface area contributed by atoms with Crippen LogP contribution in [0.5, 0.6) is 0 Å². The number of nitrogens with one attached hydrogen (secondary N) is 1. The number of carbonyl (C=O) groups excluding carboxylic acids is 1. The fraction of sp³-hybridized carbons (Fsp3) is 0.692. The Labute approximate surface area is 140 Å². The van der Waals surface area contributed by atoms with Crippen LogP contribution in [0.1, 0.15) is 16.2 Å². The lowest BCUT2D eigenvalue weighted by Crippen LogP contribution is -2.43. The zero-order valence-electron chi connectivity index (χ0n) is 13.5. The highest BCUT2D eigenvalue weighted by Crippen LogP contribution is 2.21. The predicted octanol–water partition coefficient (Wildman–Crippen LogP) is 0.0181. The quantitative estimate of drug-likeness (QED) is 0.794. The molecule has 0 unspecified atom stereocenters. The molecule has 1 aromatic heterocycles. The van der Waals surface area contributed by atoms with Crippen LogP contribution in [0.4, 0.5) is 0 Å². The Balaban J connectivity index is 2.09. The SMILES string of the molecule is Cc1c(Cl)c(C(=O)N[C@H]2COC[C@H]2CS(=O)(=O)N(C)C)nn1C. The Bertz CT molecular complexity index is 701. The number of amides is 1. The second-order valence-electron chi connectivity index (χ2n) is 5.81. The zero-order valence-corrected chi connectivity index (χ0v) is 15.1. The summed E-state index contributed by atoms with van der Waals surface area (Å²) >= 11 is 6.10. The van der Waals surface area contributed by atoms with Gasteiger partial charge in [0, 0.05) is 27.1 Å². The van der Waals surface area contributed by atoms with Crippen LogP contribution in [0.25, 0.3) is 0 Å². The number of aryl methyl sites for hydroxylation is 1. The second kappa shape index (κ2) is 6.76. The van der Waals surface area contributed by atoms with E-state index in [9.17, 15) is 13.2 Å². The topological polar surface area (TPSA) is 93.5 Å². The summed E-state index contributed by atoms with van der Waals surface area (Å²) in [5, 5.41) is 7.16. The number of nitrogens with zero attached hydrogens (tertiary/aromatic N) is 3. The largest absolute Gasteiger partial charge is 0.379 e. The van der Waals surface area contributed by atoms with Gasteiger partial charge in [-0.15, -0.1) is 0 Å². The van der Waals surface area contributed by atoms with Gasteiger partial charge in [0.25, 0.3) is 5.91 Å². The molecule has 0 spiro atoms. The van der Waals surface area contributed by atoms with E-state index in [-0.39, 0.29) is 30.6 Å². The highest BCUT2D eigenvalue weighted by Gasteiger charge is 2.35. The first-order valence-electron chi connectivity index (χ1n) is 7.11. The lowest BCUT2D eigenvalue weighted by atomic mass is 10.1. The van der Waals surface area contributed by atoms with Crippen molar-refractivity contribution in [1.82, 2.24) is 19.4 Å². The molecule has 0 radical (unpaired) electrons. The van der Waals surface area contributed by atoms with E-state index in [0.717, 1.165) is 0 Å². The summed E-state index contributed by atoms with van der Waals surface area (Å²) in [7, 11) is 1.29. The molecule has 23 heavy (non-hydrogen) atoms. The third-order valence-electron chi connectivity index (χ3n) is 3.97. The molecule has 1 N–H and O–H groups in total. The van der Waals surface area contributed by atoms with E-state index >= 15 is 0 Å². The van der Waals surface area contributed by atoms with Crippen LogP contribution in [0.15, 0.2) is 0 Å². The number of hydrogen-bond acceptors (Lipinski definition) is 5. The van der Waals surface area contributed by atoms with Gasteiger partial charge in [0.1, 0.15) is 0 Å². The molecule has 0 aliphatic carbocycles. The summed E-state index contributed by atoms with van der Waals surface area (Å²) in [6.45, 7) is 2.31. The standard InChI is InChI=1S/C13H21ClN4O4S/c1-8-11(14)12(16-18(8)4)13(19)15-10-6-22-5-9(10)7-23(20,21)17(2)3/h9-10H,5-7H2,1-4H3,(H,15,19)/t9-,10-/m0/s1. The summed E-state index contributed by atoms with van der Waals surface area (Å²) in [5.41, 5.74) is 0.819. The van der Waals surface area contributed by atoms with Crippen molar-refractivity contribution < 1.29 is 17.9 Å². The number of rotatable bonds is 5. The molecule has 1 saturated heterocycles. The molecule has 0 saturated carbocycles. The van der Waals surface area contributed by atoms with Crippen molar-refractivity contribution in [2.24, 2.45) is 13.0 Å². The maximum atomic E-state index is 12.3. The van der Waals surface area contributed by atoms with E-state index in [0.29, 0.717) is 10.7 Å². The summed E-state index contributed by atoms with van der Waals surface area (Å²) in [6.07, 6.45) is 0. The molecule has 1 aliphatic rings. The molecule has 0 bridgehead atoms. The third-order valence-corrected chi connectivity index (χ3v) is 6.39. The van der Waals surface area contributed by atoms with Gasteiger partial charge in [-0.2, -0.15) is 5.10 Å². The minimum Gasteiger partial charge on any atom is -0.379 e.